The lowest BCUT2D eigenvalue weighted by Crippen LogP contribution is -2.52. The average Bonchev–Trinajstić information content (AvgIpc) is 3.36. The summed E-state index contributed by atoms with van der Waals surface area (Å²) in [6, 6.07) is 0. The monoisotopic (exact) mass is 401 g/mol. The van der Waals surface area contributed by atoms with Crippen LogP contribution in [-0.2, 0) is 14.3 Å². The summed E-state index contributed by atoms with van der Waals surface area (Å²) >= 11 is 0. The number of nitrogens with one attached hydrogen (secondary N) is 1. The molecule has 29 heavy (non-hydrogen) atoms. The summed E-state index contributed by atoms with van der Waals surface area (Å²) in [4.78, 5) is 24.7. The standard InChI is InChI=1S/C24H35NO4/c1-7-17(4)14-19(6)15-18(5)12-10-8-9-11-13-20(26)23-21(29-23)24(28,16(2)3)25-22(23)27/h8-13,15-17,19,21,28H,7,14H2,1-6H3,(H,25,27)/b9-8+,12-10+,13-11+,18-15+/t17?,19?,21-,23+,24-/m1/s1. The molecule has 2 fully saturated rings. The molecule has 1 amide bonds. The molecule has 0 aromatic heterocycles. The number of carbonyl (C=O) groups excluding carboxylic acids is 2. The van der Waals surface area contributed by atoms with Crippen molar-refractivity contribution in [1.82, 2.24) is 5.32 Å². The van der Waals surface area contributed by atoms with Crippen molar-refractivity contribution >= 4 is 11.7 Å². The first-order valence-corrected chi connectivity index (χ1v) is 10.5. The molecule has 2 saturated heterocycles. The molecular formula is C24H35NO4. The Labute approximate surface area is 174 Å². The molecule has 2 unspecified atom stereocenters. The molecular weight excluding hydrogens is 366 g/mol. The van der Waals surface area contributed by atoms with Gasteiger partial charge in [-0.2, -0.15) is 0 Å². The van der Waals surface area contributed by atoms with E-state index in [4.69, 9.17) is 4.74 Å². The third-order valence-electron chi connectivity index (χ3n) is 5.87. The molecule has 2 heterocycles. The Kier molecular flexibility index (Phi) is 7.41. The molecule has 5 heteroatoms. The molecule has 2 aliphatic heterocycles. The zero-order chi connectivity index (χ0) is 21.8. The Balaban J connectivity index is 1.87. The van der Waals surface area contributed by atoms with Crippen LogP contribution in [0, 0.1) is 17.8 Å². The number of hydrogen-bond acceptors (Lipinski definition) is 4. The van der Waals surface area contributed by atoms with E-state index in [9.17, 15) is 14.7 Å². The summed E-state index contributed by atoms with van der Waals surface area (Å²) in [6.07, 6.45) is 14.3. The molecule has 0 aromatic rings. The zero-order valence-electron chi connectivity index (χ0n) is 18.4. The molecule has 0 spiro atoms. The first kappa shape index (κ1) is 23.3. The second-order valence-corrected chi connectivity index (χ2v) is 8.77. The molecule has 2 rings (SSSR count). The number of amides is 1. The minimum Gasteiger partial charge on any atom is -0.368 e. The largest absolute Gasteiger partial charge is 0.368 e. The summed E-state index contributed by atoms with van der Waals surface area (Å²) in [6.45, 7) is 12.4. The van der Waals surface area contributed by atoms with Crippen molar-refractivity contribution in [1.29, 1.82) is 0 Å². The number of epoxide rings is 1. The summed E-state index contributed by atoms with van der Waals surface area (Å²) < 4.78 is 5.37. The number of ether oxygens (including phenoxy) is 1. The van der Waals surface area contributed by atoms with Crippen molar-refractivity contribution in [2.75, 3.05) is 0 Å². The first-order valence-electron chi connectivity index (χ1n) is 10.5. The molecule has 5 atom stereocenters. The van der Waals surface area contributed by atoms with Crippen molar-refractivity contribution in [3.05, 3.63) is 48.1 Å². The number of rotatable bonds is 10. The van der Waals surface area contributed by atoms with Crippen LogP contribution >= 0.6 is 0 Å². The molecule has 0 aliphatic carbocycles. The SMILES string of the molecule is CCC(C)CC(C)/C=C(C)/C=C/C=C/C=C/C(=O)[C@]12O[C@H]1[C@](O)(C(C)C)NC2=O. The van der Waals surface area contributed by atoms with Crippen molar-refractivity contribution in [3.63, 3.8) is 0 Å². The smallest absolute Gasteiger partial charge is 0.265 e. The predicted octanol–water partition coefficient (Wildman–Crippen LogP) is 3.85. The van der Waals surface area contributed by atoms with Crippen LogP contribution in [0.15, 0.2) is 48.1 Å². The van der Waals surface area contributed by atoms with E-state index in [-0.39, 0.29) is 5.92 Å². The Morgan fingerprint density at radius 3 is 2.31 bits per heavy atom. The Morgan fingerprint density at radius 1 is 1.17 bits per heavy atom. The number of carbonyl (C=O) groups is 2. The van der Waals surface area contributed by atoms with Crippen molar-refractivity contribution in [2.45, 2.75) is 71.8 Å². The fraction of sp³-hybridized carbons (Fsp3) is 0.583. The normalized spacial score (nSPS) is 31.7. The summed E-state index contributed by atoms with van der Waals surface area (Å²) in [5, 5.41) is 13.0. The van der Waals surface area contributed by atoms with Crippen LogP contribution in [-0.4, -0.2) is 34.2 Å². The molecule has 2 N–H and O–H groups in total. The van der Waals surface area contributed by atoms with E-state index in [0.29, 0.717) is 5.92 Å². The van der Waals surface area contributed by atoms with Gasteiger partial charge in [-0.05, 0) is 31.3 Å². The number of hydrogen-bond donors (Lipinski definition) is 2. The van der Waals surface area contributed by atoms with Gasteiger partial charge in [-0.15, -0.1) is 0 Å². The predicted molar refractivity (Wildman–Crippen MR) is 115 cm³/mol. The molecule has 0 aromatic carbocycles. The van der Waals surface area contributed by atoms with Gasteiger partial charge >= 0.3 is 0 Å². The number of aliphatic hydroxyl groups is 1. The van der Waals surface area contributed by atoms with Crippen LogP contribution in [0.2, 0.25) is 0 Å². The fourth-order valence-electron chi connectivity index (χ4n) is 3.79. The number of ketones is 1. The summed E-state index contributed by atoms with van der Waals surface area (Å²) in [7, 11) is 0. The van der Waals surface area contributed by atoms with Crippen molar-refractivity contribution < 1.29 is 19.4 Å². The first-order chi connectivity index (χ1) is 13.6. The van der Waals surface area contributed by atoms with E-state index in [0.717, 1.165) is 5.92 Å². The molecule has 0 saturated carbocycles. The van der Waals surface area contributed by atoms with Crippen molar-refractivity contribution in [3.8, 4) is 0 Å². The van der Waals surface area contributed by atoms with Gasteiger partial charge in [-0.25, -0.2) is 0 Å². The average molecular weight is 402 g/mol. The quantitative estimate of drug-likeness (QED) is 0.252. The van der Waals surface area contributed by atoms with Crippen LogP contribution < -0.4 is 5.32 Å². The zero-order valence-corrected chi connectivity index (χ0v) is 18.4. The third kappa shape index (κ3) is 4.96. The van der Waals surface area contributed by atoms with Gasteiger partial charge in [0.15, 0.2) is 17.6 Å². The Hall–Kier alpha value is -1.98. The van der Waals surface area contributed by atoms with Gasteiger partial charge in [0, 0.05) is 5.92 Å². The highest BCUT2D eigenvalue weighted by Gasteiger charge is 2.80. The van der Waals surface area contributed by atoms with E-state index >= 15 is 0 Å². The third-order valence-corrected chi connectivity index (χ3v) is 5.87. The van der Waals surface area contributed by atoms with Crippen LogP contribution in [0.1, 0.15) is 54.4 Å². The van der Waals surface area contributed by atoms with Gasteiger partial charge in [0.05, 0.1) is 0 Å². The highest BCUT2D eigenvalue weighted by molar-refractivity contribution is 6.19. The lowest BCUT2D eigenvalue weighted by molar-refractivity contribution is -0.139. The molecule has 2 aliphatic rings. The Bertz CT molecular complexity index is 748. The fourth-order valence-corrected chi connectivity index (χ4v) is 3.79. The van der Waals surface area contributed by atoms with Crippen LogP contribution in [0.3, 0.4) is 0 Å². The maximum absolute atomic E-state index is 12.5. The van der Waals surface area contributed by atoms with E-state index in [2.05, 4.69) is 39.1 Å². The van der Waals surface area contributed by atoms with E-state index in [1.807, 2.05) is 18.2 Å². The topological polar surface area (TPSA) is 78.9 Å². The lowest BCUT2D eigenvalue weighted by atomic mass is 9.91. The maximum atomic E-state index is 12.5. The maximum Gasteiger partial charge on any atom is 0.265 e. The highest BCUT2D eigenvalue weighted by atomic mass is 16.6. The number of fused-ring (bicyclic) bond motifs is 1. The van der Waals surface area contributed by atoms with Gasteiger partial charge in [0.2, 0.25) is 5.60 Å². The summed E-state index contributed by atoms with van der Waals surface area (Å²) in [5.41, 5.74) is -1.85. The van der Waals surface area contributed by atoms with Crippen LogP contribution in [0.4, 0.5) is 0 Å². The molecule has 160 valence electrons. The lowest BCUT2D eigenvalue weighted by Gasteiger charge is -2.27. The van der Waals surface area contributed by atoms with Gasteiger partial charge in [0.1, 0.15) is 0 Å². The van der Waals surface area contributed by atoms with E-state index in [1.54, 1.807) is 26.0 Å². The highest BCUT2D eigenvalue weighted by Crippen LogP contribution is 2.51. The van der Waals surface area contributed by atoms with Gasteiger partial charge in [0.25, 0.3) is 5.91 Å². The minimum absolute atomic E-state index is 0.258. The number of allylic oxidation sites excluding steroid dienone is 7. The molecule has 5 nitrogen and oxygen atoms in total. The van der Waals surface area contributed by atoms with E-state index < -0.39 is 29.1 Å². The van der Waals surface area contributed by atoms with Gasteiger partial charge in [-0.3, -0.25) is 9.59 Å². The van der Waals surface area contributed by atoms with Crippen LogP contribution in [0.25, 0.3) is 0 Å². The molecule has 0 radical (unpaired) electrons. The van der Waals surface area contributed by atoms with Crippen LogP contribution in [0.5, 0.6) is 0 Å². The Morgan fingerprint density at radius 2 is 1.79 bits per heavy atom. The van der Waals surface area contributed by atoms with E-state index in [1.165, 1.54) is 24.5 Å². The van der Waals surface area contributed by atoms with Gasteiger partial charge in [-0.1, -0.05) is 83.1 Å². The second-order valence-electron chi connectivity index (χ2n) is 8.77. The minimum atomic E-state index is -1.57. The summed E-state index contributed by atoms with van der Waals surface area (Å²) in [5.74, 6) is 0.00829. The second kappa shape index (κ2) is 9.23. The number of morpholine rings is 1. The van der Waals surface area contributed by atoms with Crippen molar-refractivity contribution in [2.24, 2.45) is 17.8 Å². The van der Waals surface area contributed by atoms with Gasteiger partial charge < -0.3 is 15.2 Å². The molecule has 0 bridgehead atoms.